The van der Waals surface area contributed by atoms with Gasteiger partial charge in [-0.2, -0.15) is 10.5 Å². The van der Waals surface area contributed by atoms with Crippen LogP contribution in [0.1, 0.15) is 24.8 Å². The first kappa shape index (κ1) is 15.6. The molecule has 0 aliphatic heterocycles. The molecular weight excluding hydrogens is 278 g/mol. The minimum atomic E-state index is -0.629. The summed E-state index contributed by atoms with van der Waals surface area (Å²) in [5, 5.41) is 17.7. The summed E-state index contributed by atoms with van der Waals surface area (Å²) in [5.74, 6) is 0.436. The number of ether oxygens (including phenoxy) is 1. The Morgan fingerprint density at radius 3 is 2.55 bits per heavy atom. The molecule has 0 atom stereocenters. The number of nitriles is 2. The second kappa shape index (κ2) is 6.78. The minimum Gasteiger partial charge on any atom is -0.479 e. The molecule has 112 valence electrons. The van der Waals surface area contributed by atoms with Crippen molar-refractivity contribution in [3.05, 3.63) is 35.9 Å². The zero-order valence-corrected chi connectivity index (χ0v) is 12.5. The zero-order valence-electron chi connectivity index (χ0n) is 12.5. The van der Waals surface area contributed by atoms with Crippen molar-refractivity contribution in [2.45, 2.75) is 24.8 Å². The van der Waals surface area contributed by atoms with E-state index in [0.29, 0.717) is 5.75 Å². The van der Waals surface area contributed by atoms with Crippen molar-refractivity contribution < 1.29 is 9.53 Å². The first-order chi connectivity index (χ1) is 10.6. The standard InChI is InChI=1S/C17H17N3O2/c1-20(17(13-19)9-2-10-17)16(21)8-5-14-3-6-15(7-4-14)22-12-11-18/h3-8H,2,9-10,12H2,1H3/b8-5+. The van der Waals surface area contributed by atoms with Crippen LogP contribution < -0.4 is 4.74 Å². The maximum absolute atomic E-state index is 12.2. The molecule has 0 aromatic heterocycles. The van der Waals surface area contributed by atoms with Crippen LogP contribution >= 0.6 is 0 Å². The molecule has 1 aliphatic carbocycles. The van der Waals surface area contributed by atoms with Gasteiger partial charge in [0, 0.05) is 13.1 Å². The summed E-state index contributed by atoms with van der Waals surface area (Å²) in [6.45, 7) is 0.00864. The largest absolute Gasteiger partial charge is 0.479 e. The van der Waals surface area contributed by atoms with Crippen LogP contribution in [0, 0.1) is 22.7 Å². The molecule has 0 saturated heterocycles. The van der Waals surface area contributed by atoms with E-state index in [1.54, 1.807) is 37.4 Å². The molecule has 1 saturated carbocycles. The maximum atomic E-state index is 12.2. The van der Waals surface area contributed by atoms with Gasteiger partial charge in [-0.1, -0.05) is 12.1 Å². The molecule has 0 unspecified atom stereocenters. The third kappa shape index (κ3) is 3.27. The van der Waals surface area contributed by atoms with Crippen LogP contribution in [-0.2, 0) is 4.79 Å². The number of amides is 1. The van der Waals surface area contributed by atoms with Crippen molar-refractivity contribution in [1.82, 2.24) is 4.90 Å². The normalized spacial score (nSPS) is 15.4. The van der Waals surface area contributed by atoms with Crippen LogP contribution in [0.15, 0.2) is 30.3 Å². The van der Waals surface area contributed by atoms with E-state index in [9.17, 15) is 10.1 Å². The van der Waals surface area contributed by atoms with Crippen LogP contribution in [-0.4, -0.2) is 30.0 Å². The lowest BCUT2D eigenvalue weighted by Gasteiger charge is -2.42. The summed E-state index contributed by atoms with van der Waals surface area (Å²) in [4.78, 5) is 13.7. The lowest BCUT2D eigenvalue weighted by atomic mass is 9.76. The molecule has 1 aromatic carbocycles. The van der Waals surface area contributed by atoms with E-state index in [4.69, 9.17) is 10.00 Å². The van der Waals surface area contributed by atoms with Crippen LogP contribution in [0.25, 0.3) is 6.08 Å². The van der Waals surface area contributed by atoms with E-state index in [1.165, 1.54) is 11.0 Å². The highest BCUT2D eigenvalue weighted by molar-refractivity contribution is 5.92. The van der Waals surface area contributed by atoms with E-state index in [2.05, 4.69) is 6.07 Å². The second-order valence-corrected chi connectivity index (χ2v) is 5.24. The van der Waals surface area contributed by atoms with Crippen molar-refractivity contribution in [3.8, 4) is 17.9 Å². The summed E-state index contributed by atoms with van der Waals surface area (Å²) < 4.78 is 5.16. The predicted molar refractivity (Wildman–Crippen MR) is 81.5 cm³/mol. The fourth-order valence-electron chi connectivity index (χ4n) is 2.31. The second-order valence-electron chi connectivity index (χ2n) is 5.24. The van der Waals surface area contributed by atoms with Gasteiger partial charge in [-0.15, -0.1) is 0 Å². The molecule has 0 radical (unpaired) electrons. The maximum Gasteiger partial charge on any atom is 0.247 e. The van der Waals surface area contributed by atoms with Gasteiger partial charge in [0.15, 0.2) is 6.61 Å². The van der Waals surface area contributed by atoms with Crippen molar-refractivity contribution in [2.75, 3.05) is 13.7 Å². The van der Waals surface area contributed by atoms with Crippen LogP contribution in [0.5, 0.6) is 5.75 Å². The van der Waals surface area contributed by atoms with Gasteiger partial charge in [-0.25, -0.2) is 0 Å². The average Bonchev–Trinajstić information content (AvgIpc) is 2.51. The lowest BCUT2D eigenvalue weighted by Crippen LogP contribution is -2.52. The molecule has 0 bridgehead atoms. The Hall–Kier alpha value is -2.79. The third-order valence-corrected chi connectivity index (χ3v) is 3.96. The molecule has 0 N–H and O–H groups in total. The highest BCUT2D eigenvalue weighted by atomic mass is 16.5. The Morgan fingerprint density at radius 1 is 1.36 bits per heavy atom. The first-order valence-corrected chi connectivity index (χ1v) is 7.08. The van der Waals surface area contributed by atoms with Gasteiger partial charge in [0.1, 0.15) is 17.4 Å². The van der Waals surface area contributed by atoms with Gasteiger partial charge < -0.3 is 9.64 Å². The molecule has 5 heteroatoms. The molecule has 0 heterocycles. The molecule has 2 rings (SSSR count). The number of carbonyl (C=O) groups excluding carboxylic acids is 1. The van der Waals surface area contributed by atoms with E-state index in [0.717, 1.165) is 24.8 Å². The zero-order chi connectivity index (χ0) is 16.0. The lowest BCUT2D eigenvalue weighted by molar-refractivity contribution is -0.130. The summed E-state index contributed by atoms with van der Waals surface area (Å²) in [6, 6.07) is 11.2. The van der Waals surface area contributed by atoms with Crippen molar-refractivity contribution >= 4 is 12.0 Å². The SMILES string of the molecule is CN(C(=O)/C=C/c1ccc(OCC#N)cc1)C1(C#N)CCC1. The van der Waals surface area contributed by atoms with Crippen molar-refractivity contribution in [3.63, 3.8) is 0 Å². The van der Waals surface area contributed by atoms with E-state index >= 15 is 0 Å². The van der Waals surface area contributed by atoms with Gasteiger partial charge in [0.2, 0.25) is 5.91 Å². The smallest absolute Gasteiger partial charge is 0.247 e. The van der Waals surface area contributed by atoms with Gasteiger partial charge >= 0.3 is 0 Å². The summed E-state index contributed by atoms with van der Waals surface area (Å²) in [7, 11) is 1.67. The Balaban J connectivity index is 1.98. The summed E-state index contributed by atoms with van der Waals surface area (Å²) in [6.07, 6.45) is 5.65. The monoisotopic (exact) mass is 295 g/mol. The number of hydrogen-bond donors (Lipinski definition) is 0. The van der Waals surface area contributed by atoms with E-state index < -0.39 is 5.54 Å². The first-order valence-electron chi connectivity index (χ1n) is 7.08. The van der Waals surface area contributed by atoms with Crippen LogP contribution in [0.3, 0.4) is 0 Å². The van der Waals surface area contributed by atoms with Gasteiger partial charge in [-0.05, 0) is 43.0 Å². The Kier molecular flexibility index (Phi) is 4.80. The molecule has 1 aromatic rings. The average molecular weight is 295 g/mol. The highest BCUT2D eigenvalue weighted by Gasteiger charge is 2.42. The topological polar surface area (TPSA) is 77.1 Å². The minimum absolute atomic E-state index is 0.00864. The van der Waals surface area contributed by atoms with Gasteiger partial charge in [-0.3, -0.25) is 4.79 Å². The van der Waals surface area contributed by atoms with E-state index in [-0.39, 0.29) is 12.5 Å². The number of nitrogens with zero attached hydrogens (tertiary/aromatic N) is 3. The van der Waals surface area contributed by atoms with Crippen molar-refractivity contribution in [1.29, 1.82) is 10.5 Å². The Labute approximate surface area is 130 Å². The predicted octanol–water partition coefficient (Wildman–Crippen LogP) is 2.51. The number of likely N-dealkylation sites (N-methyl/N-ethyl adjacent to an activating group) is 1. The molecule has 1 amide bonds. The molecular formula is C17H17N3O2. The Bertz CT molecular complexity index is 646. The molecule has 5 nitrogen and oxygen atoms in total. The summed E-state index contributed by atoms with van der Waals surface area (Å²) >= 11 is 0. The molecule has 0 spiro atoms. The van der Waals surface area contributed by atoms with Gasteiger partial charge in [0.05, 0.1) is 6.07 Å². The van der Waals surface area contributed by atoms with Crippen molar-refractivity contribution in [2.24, 2.45) is 0 Å². The number of carbonyl (C=O) groups is 1. The fourth-order valence-corrected chi connectivity index (χ4v) is 2.31. The van der Waals surface area contributed by atoms with Gasteiger partial charge in [0.25, 0.3) is 0 Å². The summed E-state index contributed by atoms with van der Waals surface area (Å²) in [5.41, 5.74) is 0.224. The Morgan fingerprint density at radius 2 is 2.05 bits per heavy atom. The van der Waals surface area contributed by atoms with E-state index in [1.807, 2.05) is 6.07 Å². The number of hydrogen-bond acceptors (Lipinski definition) is 4. The van der Waals surface area contributed by atoms with Crippen LogP contribution in [0.4, 0.5) is 0 Å². The number of benzene rings is 1. The molecule has 1 fully saturated rings. The fraction of sp³-hybridized carbons (Fsp3) is 0.353. The molecule has 1 aliphatic rings. The van der Waals surface area contributed by atoms with Crippen LogP contribution in [0.2, 0.25) is 0 Å². The highest BCUT2D eigenvalue weighted by Crippen LogP contribution is 2.36. The quantitative estimate of drug-likeness (QED) is 0.782. The number of rotatable bonds is 5. The third-order valence-electron chi connectivity index (χ3n) is 3.96. The molecule has 22 heavy (non-hydrogen) atoms.